The maximum atomic E-state index is 11.3. The smallest absolute Gasteiger partial charge is 0.122 e. The second kappa shape index (κ2) is 7.72. The topological polar surface area (TPSA) is 38.7 Å². The number of thioether (sulfide) groups is 2. The van der Waals surface area contributed by atoms with E-state index in [1.165, 1.54) is 0 Å². The fraction of sp³-hybridized carbons (Fsp3) is 0.368. The molecule has 24 heavy (non-hydrogen) atoms. The van der Waals surface area contributed by atoms with Crippen molar-refractivity contribution >= 4 is 23.5 Å². The highest BCUT2D eigenvalue weighted by Gasteiger charge is 2.43. The van der Waals surface area contributed by atoms with Crippen LogP contribution < -0.4 is 9.47 Å². The molecular weight excluding hydrogens is 340 g/mol. The van der Waals surface area contributed by atoms with Crippen molar-refractivity contribution in [3.8, 4) is 11.5 Å². The third-order valence-corrected chi connectivity index (χ3v) is 7.62. The van der Waals surface area contributed by atoms with Crippen LogP contribution in [0.15, 0.2) is 48.5 Å². The maximum Gasteiger partial charge on any atom is 0.122 e. The van der Waals surface area contributed by atoms with Gasteiger partial charge in [-0.3, -0.25) is 0 Å². The standard InChI is InChI=1S/C19H22O3S2/c1-21-16-11-14(12-17(13-16)22-2)18(20)19(23-9-6-10-24-19)15-7-4-3-5-8-15/h3-5,7-8,11-13,18,20H,6,9-10H2,1-2H3. The molecule has 0 aromatic heterocycles. The van der Waals surface area contributed by atoms with Crippen LogP contribution in [0.1, 0.15) is 23.7 Å². The van der Waals surface area contributed by atoms with Crippen LogP contribution in [0.25, 0.3) is 0 Å². The SMILES string of the molecule is COc1cc(OC)cc(C(O)C2(c3ccccc3)SCCCS2)c1. The molecule has 1 fully saturated rings. The summed E-state index contributed by atoms with van der Waals surface area (Å²) in [5.41, 5.74) is 1.96. The molecule has 0 bridgehead atoms. The molecule has 0 spiro atoms. The summed E-state index contributed by atoms with van der Waals surface area (Å²) in [6.45, 7) is 0. The van der Waals surface area contributed by atoms with Crippen molar-refractivity contribution in [1.82, 2.24) is 0 Å². The second-order valence-corrected chi connectivity index (χ2v) is 8.57. The number of aliphatic hydroxyl groups is 1. The molecule has 1 N–H and O–H groups in total. The fourth-order valence-corrected chi connectivity index (χ4v) is 6.30. The molecule has 2 aromatic rings. The Kier molecular flexibility index (Phi) is 5.64. The predicted octanol–water partition coefficient (Wildman–Crippen LogP) is 4.46. The van der Waals surface area contributed by atoms with Gasteiger partial charge in [0.2, 0.25) is 0 Å². The summed E-state index contributed by atoms with van der Waals surface area (Å²) < 4.78 is 10.3. The zero-order chi connectivity index (χ0) is 17.0. The molecule has 3 nitrogen and oxygen atoms in total. The molecule has 1 saturated heterocycles. The number of methoxy groups -OCH3 is 2. The Morgan fingerprint density at radius 3 is 2.08 bits per heavy atom. The first-order valence-corrected chi connectivity index (χ1v) is 9.91. The molecule has 1 unspecified atom stereocenters. The molecule has 0 radical (unpaired) electrons. The lowest BCUT2D eigenvalue weighted by Crippen LogP contribution is -2.30. The van der Waals surface area contributed by atoms with E-state index in [4.69, 9.17) is 9.47 Å². The number of aliphatic hydroxyl groups excluding tert-OH is 1. The average Bonchev–Trinajstić information content (AvgIpc) is 2.68. The van der Waals surface area contributed by atoms with Crippen molar-refractivity contribution in [2.75, 3.05) is 25.7 Å². The van der Waals surface area contributed by atoms with E-state index < -0.39 is 10.2 Å². The molecule has 1 heterocycles. The maximum absolute atomic E-state index is 11.3. The summed E-state index contributed by atoms with van der Waals surface area (Å²) in [4.78, 5) is 0. The molecule has 1 atom stereocenters. The van der Waals surface area contributed by atoms with Gasteiger partial charge in [0.05, 0.1) is 14.2 Å². The van der Waals surface area contributed by atoms with E-state index >= 15 is 0 Å². The zero-order valence-electron chi connectivity index (χ0n) is 13.9. The summed E-state index contributed by atoms with van der Waals surface area (Å²) in [6.07, 6.45) is 0.511. The Balaban J connectivity index is 2.05. The minimum absolute atomic E-state index is 0.406. The summed E-state index contributed by atoms with van der Waals surface area (Å²) in [5.74, 6) is 3.47. The quantitative estimate of drug-likeness (QED) is 0.850. The van der Waals surface area contributed by atoms with Crippen molar-refractivity contribution < 1.29 is 14.6 Å². The summed E-state index contributed by atoms with van der Waals surface area (Å²) in [7, 11) is 3.25. The fourth-order valence-electron chi connectivity index (χ4n) is 2.91. The monoisotopic (exact) mass is 362 g/mol. The first-order chi connectivity index (χ1) is 11.7. The van der Waals surface area contributed by atoms with Crippen LogP contribution in [0, 0.1) is 0 Å². The lowest BCUT2D eigenvalue weighted by molar-refractivity contribution is 0.162. The molecule has 1 aliphatic heterocycles. The predicted molar refractivity (Wildman–Crippen MR) is 102 cm³/mol. The first kappa shape index (κ1) is 17.5. The largest absolute Gasteiger partial charge is 0.497 e. The highest BCUT2D eigenvalue weighted by molar-refractivity contribution is 8.18. The molecule has 2 aromatic carbocycles. The van der Waals surface area contributed by atoms with E-state index in [0.717, 1.165) is 29.1 Å². The number of hydrogen-bond donors (Lipinski definition) is 1. The van der Waals surface area contributed by atoms with Crippen molar-refractivity contribution in [3.63, 3.8) is 0 Å². The molecule has 0 saturated carbocycles. The molecule has 5 heteroatoms. The van der Waals surface area contributed by atoms with E-state index in [1.807, 2.05) is 59.9 Å². The lowest BCUT2D eigenvalue weighted by Gasteiger charge is -2.40. The number of hydrogen-bond acceptors (Lipinski definition) is 5. The van der Waals surface area contributed by atoms with E-state index in [2.05, 4.69) is 12.1 Å². The second-order valence-electron chi connectivity index (χ2n) is 5.63. The van der Waals surface area contributed by atoms with Crippen molar-refractivity contribution in [2.45, 2.75) is 16.6 Å². The van der Waals surface area contributed by atoms with Gasteiger partial charge in [0.1, 0.15) is 21.7 Å². The van der Waals surface area contributed by atoms with Crippen LogP contribution in [0.2, 0.25) is 0 Å². The Labute approximate surface area is 151 Å². The van der Waals surface area contributed by atoms with Gasteiger partial charge in [-0.05, 0) is 41.2 Å². The Morgan fingerprint density at radius 1 is 0.958 bits per heavy atom. The third-order valence-electron chi connectivity index (χ3n) is 4.15. The number of rotatable bonds is 5. The Bertz CT molecular complexity index is 647. The van der Waals surface area contributed by atoms with Gasteiger partial charge >= 0.3 is 0 Å². The van der Waals surface area contributed by atoms with Gasteiger partial charge in [-0.15, -0.1) is 23.5 Å². The van der Waals surface area contributed by atoms with Crippen LogP contribution >= 0.6 is 23.5 Å². The minimum Gasteiger partial charge on any atom is -0.497 e. The highest BCUT2D eigenvalue weighted by atomic mass is 32.2. The van der Waals surface area contributed by atoms with Crippen LogP contribution in [0.4, 0.5) is 0 Å². The first-order valence-electron chi connectivity index (χ1n) is 7.94. The molecular formula is C19H22O3S2. The van der Waals surface area contributed by atoms with Gasteiger partial charge in [-0.1, -0.05) is 30.3 Å². The van der Waals surface area contributed by atoms with Gasteiger partial charge < -0.3 is 14.6 Å². The van der Waals surface area contributed by atoms with Crippen LogP contribution in [0.5, 0.6) is 11.5 Å². The average molecular weight is 363 g/mol. The molecule has 3 rings (SSSR count). The van der Waals surface area contributed by atoms with Gasteiger partial charge in [0.25, 0.3) is 0 Å². The number of ether oxygens (including phenoxy) is 2. The minimum atomic E-state index is -0.654. The Hall–Kier alpha value is -1.30. The summed E-state index contributed by atoms with van der Waals surface area (Å²) in [6, 6.07) is 15.9. The highest BCUT2D eigenvalue weighted by Crippen LogP contribution is 2.57. The molecule has 0 aliphatic carbocycles. The normalized spacial score (nSPS) is 18.0. The van der Waals surface area contributed by atoms with Crippen molar-refractivity contribution in [1.29, 1.82) is 0 Å². The van der Waals surface area contributed by atoms with Gasteiger partial charge in [-0.2, -0.15) is 0 Å². The van der Waals surface area contributed by atoms with Gasteiger partial charge in [-0.25, -0.2) is 0 Å². The van der Waals surface area contributed by atoms with Crippen molar-refractivity contribution in [2.24, 2.45) is 0 Å². The zero-order valence-corrected chi connectivity index (χ0v) is 15.5. The van der Waals surface area contributed by atoms with Crippen LogP contribution in [0.3, 0.4) is 0 Å². The van der Waals surface area contributed by atoms with Crippen LogP contribution in [-0.2, 0) is 4.08 Å². The lowest BCUT2D eigenvalue weighted by atomic mass is 9.99. The van der Waals surface area contributed by atoms with Crippen LogP contribution in [-0.4, -0.2) is 30.8 Å². The summed E-state index contributed by atoms with van der Waals surface area (Å²) >= 11 is 3.65. The van der Waals surface area contributed by atoms with Gasteiger partial charge in [0.15, 0.2) is 0 Å². The van der Waals surface area contributed by atoms with Crippen molar-refractivity contribution in [3.05, 3.63) is 59.7 Å². The van der Waals surface area contributed by atoms with E-state index in [-0.39, 0.29) is 0 Å². The molecule has 1 aliphatic rings. The Morgan fingerprint density at radius 2 is 1.54 bits per heavy atom. The van der Waals surface area contributed by atoms with E-state index in [1.54, 1.807) is 14.2 Å². The van der Waals surface area contributed by atoms with E-state index in [9.17, 15) is 5.11 Å². The number of benzene rings is 2. The molecule has 0 amide bonds. The van der Waals surface area contributed by atoms with Gasteiger partial charge in [0, 0.05) is 6.07 Å². The third kappa shape index (κ3) is 3.39. The molecule has 128 valence electrons. The van der Waals surface area contributed by atoms with E-state index in [0.29, 0.717) is 11.5 Å². The summed E-state index contributed by atoms with van der Waals surface area (Å²) in [5, 5.41) is 11.3.